The topological polar surface area (TPSA) is 62.1 Å². The van der Waals surface area contributed by atoms with E-state index in [1.807, 2.05) is 20.8 Å². The summed E-state index contributed by atoms with van der Waals surface area (Å²) in [5.41, 5.74) is 2.44. The van der Waals surface area contributed by atoms with Gasteiger partial charge in [-0.15, -0.1) is 4.72 Å². The highest BCUT2D eigenvalue weighted by molar-refractivity contribution is 7.90. The molecule has 24 heavy (non-hydrogen) atoms. The van der Waals surface area contributed by atoms with Crippen LogP contribution in [0.4, 0.5) is 0 Å². The Hall–Kier alpha value is -0.760. The van der Waals surface area contributed by atoms with Gasteiger partial charge in [-0.25, -0.2) is 4.68 Å². The summed E-state index contributed by atoms with van der Waals surface area (Å²) in [6.45, 7) is 6.61. The van der Waals surface area contributed by atoms with E-state index in [0.717, 1.165) is 11.3 Å². The third kappa shape index (κ3) is 3.45. The van der Waals surface area contributed by atoms with Crippen LogP contribution in [0.25, 0.3) is 5.69 Å². The minimum Gasteiger partial charge on any atom is -0.598 e. The molecular formula is C16H19Cl2N3O2S. The molecule has 130 valence electrons. The molecule has 0 amide bonds. The van der Waals surface area contributed by atoms with Crippen LogP contribution < -0.4 is 4.72 Å². The lowest BCUT2D eigenvalue weighted by Crippen LogP contribution is -2.43. The predicted octanol–water partition coefficient (Wildman–Crippen LogP) is 3.80. The maximum atomic E-state index is 12.4. The summed E-state index contributed by atoms with van der Waals surface area (Å²) in [6, 6.07) is 5.14. The summed E-state index contributed by atoms with van der Waals surface area (Å²) >= 11 is 11.4. The van der Waals surface area contributed by atoms with Gasteiger partial charge in [0, 0.05) is 16.9 Å². The summed E-state index contributed by atoms with van der Waals surface area (Å²) in [5, 5.41) is 5.47. The zero-order chi connectivity index (χ0) is 17.5. The van der Waals surface area contributed by atoms with Crippen LogP contribution in [0.3, 0.4) is 0 Å². The molecule has 0 spiro atoms. The molecule has 1 aliphatic rings. The van der Waals surface area contributed by atoms with E-state index in [-0.39, 0.29) is 10.8 Å². The SMILES string of the molecule is CC(C)(C)[S@+]([O-])NC1COCc2c1cnn2-c1c(Cl)cccc1Cl. The lowest BCUT2D eigenvalue weighted by molar-refractivity contribution is 0.0843. The molecule has 5 nitrogen and oxygen atoms in total. The Morgan fingerprint density at radius 1 is 1.33 bits per heavy atom. The van der Waals surface area contributed by atoms with Gasteiger partial charge in [0.15, 0.2) is 0 Å². The molecule has 0 saturated heterocycles. The number of nitrogens with one attached hydrogen (secondary N) is 1. The fraction of sp³-hybridized carbons (Fsp3) is 0.438. The highest BCUT2D eigenvalue weighted by Crippen LogP contribution is 2.33. The molecule has 0 aliphatic carbocycles. The van der Waals surface area contributed by atoms with Gasteiger partial charge in [0.05, 0.1) is 35.1 Å². The highest BCUT2D eigenvalue weighted by Gasteiger charge is 2.34. The van der Waals surface area contributed by atoms with Crippen LogP contribution >= 0.6 is 23.2 Å². The zero-order valence-corrected chi connectivity index (χ0v) is 16.0. The molecule has 1 unspecified atom stereocenters. The maximum absolute atomic E-state index is 12.4. The number of halogens is 2. The van der Waals surface area contributed by atoms with E-state index in [0.29, 0.717) is 28.9 Å². The number of nitrogens with zero attached hydrogens (tertiary/aromatic N) is 2. The van der Waals surface area contributed by atoms with E-state index < -0.39 is 11.4 Å². The van der Waals surface area contributed by atoms with Crippen LogP contribution in [0.5, 0.6) is 0 Å². The Bertz CT molecular complexity index is 725. The molecule has 8 heteroatoms. The van der Waals surface area contributed by atoms with E-state index in [9.17, 15) is 4.55 Å². The summed E-state index contributed by atoms with van der Waals surface area (Å²) in [6.07, 6.45) is 1.76. The quantitative estimate of drug-likeness (QED) is 0.813. The average Bonchev–Trinajstić information content (AvgIpc) is 2.91. The number of rotatable bonds is 3. The summed E-state index contributed by atoms with van der Waals surface area (Å²) < 4.78 is 22.6. The summed E-state index contributed by atoms with van der Waals surface area (Å²) in [4.78, 5) is 0. The van der Waals surface area contributed by atoms with E-state index in [4.69, 9.17) is 27.9 Å². The molecule has 0 radical (unpaired) electrons. The first-order chi connectivity index (χ1) is 11.3. The van der Waals surface area contributed by atoms with Crippen molar-refractivity contribution < 1.29 is 9.29 Å². The summed E-state index contributed by atoms with van der Waals surface area (Å²) in [5.74, 6) is 0. The van der Waals surface area contributed by atoms with Gasteiger partial charge >= 0.3 is 0 Å². The Labute approximate surface area is 154 Å². The Balaban J connectivity index is 1.96. The van der Waals surface area contributed by atoms with Gasteiger partial charge in [-0.3, -0.25) is 0 Å². The van der Waals surface area contributed by atoms with Gasteiger partial charge in [0.25, 0.3) is 0 Å². The molecule has 3 rings (SSSR count). The second-order valence-corrected chi connectivity index (χ2v) is 9.41. The van der Waals surface area contributed by atoms with E-state index in [1.54, 1.807) is 29.1 Å². The molecule has 1 N–H and O–H groups in total. The van der Waals surface area contributed by atoms with Crippen molar-refractivity contribution in [1.82, 2.24) is 14.5 Å². The van der Waals surface area contributed by atoms with Crippen molar-refractivity contribution in [1.29, 1.82) is 0 Å². The zero-order valence-electron chi connectivity index (χ0n) is 13.7. The van der Waals surface area contributed by atoms with Gasteiger partial charge in [0.1, 0.15) is 16.5 Å². The van der Waals surface area contributed by atoms with E-state index in [1.165, 1.54) is 0 Å². The van der Waals surface area contributed by atoms with Crippen LogP contribution in [0.1, 0.15) is 38.1 Å². The third-order valence-electron chi connectivity index (χ3n) is 3.75. The van der Waals surface area contributed by atoms with Gasteiger partial charge in [-0.05, 0) is 32.9 Å². The molecule has 1 aliphatic heterocycles. The lowest BCUT2D eigenvalue weighted by Gasteiger charge is -2.30. The standard InChI is InChI=1S/C16H19Cl2N3O2S/c1-16(2,3)24(22)20-13-8-23-9-14-10(13)7-19-21(14)15-11(17)5-4-6-12(15)18/h4-7,13,20H,8-9H2,1-3H3/t13?,24-/m0/s1. The number of hydrogen-bond donors (Lipinski definition) is 1. The molecule has 1 aromatic carbocycles. The highest BCUT2D eigenvalue weighted by atomic mass is 35.5. The van der Waals surface area contributed by atoms with Gasteiger partial charge in [0.2, 0.25) is 0 Å². The van der Waals surface area contributed by atoms with Crippen molar-refractivity contribution in [2.75, 3.05) is 6.61 Å². The number of fused-ring (bicyclic) bond motifs is 1. The largest absolute Gasteiger partial charge is 0.598 e. The van der Waals surface area contributed by atoms with Crippen LogP contribution in [0.15, 0.2) is 24.4 Å². The van der Waals surface area contributed by atoms with Crippen molar-refractivity contribution in [3.63, 3.8) is 0 Å². The third-order valence-corrected chi connectivity index (χ3v) is 5.98. The van der Waals surface area contributed by atoms with Gasteiger partial charge in [-0.1, -0.05) is 29.3 Å². The molecule has 0 fully saturated rings. The Kier molecular flexibility index (Phi) is 5.16. The minimum absolute atomic E-state index is 0.191. The Morgan fingerprint density at radius 2 is 2.00 bits per heavy atom. The van der Waals surface area contributed by atoms with Crippen molar-refractivity contribution in [3.05, 3.63) is 45.7 Å². The molecule has 1 aromatic heterocycles. The first-order valence-electron chi connectivity index (χ1n) is 7.56. The second kappa shape index (κ2) is 6.86. The number of aromatic nitrogens is 2. The normalized spacial score (nSPS) is 19.2. The molecule has 2 aromatic rings. The van der Waals surface area contributed by atoms with Gasteiger partial charge in [-0.2, -0.15) is 5.10 Å². The van der Waals surface area contributed by atoms with E-state index in [2.05, 4.69) is 9.82 Å². The lowest BCUT2D eigenvalue weighted by atomic mass is 10.1. The van der Waals surface area contributed by atoms with Crippen molar-refractivity contribution in [2.45, 2.75) is 38.2 Å². The first kappa shape index (κ1) is 18.0. The maximum Gasteiger partial charge on any atom is 0.136 e. The Morgan fingerprint density at radius 3 is 2.62 bits per heavy atom. The first-order valence-corrected chi connectivity index (χ1v) is 9.46. The fourth-order valence-electron chi connectivity index (χ4n) is 2.47. The molecule has 0 bridgehead atoms. The van der Waals surface area contributed by atoms with E-state index >= 15 is 0 Å². The number of benzene rings is 1. The van der Waals surface area contributed by atoms with Crippen LogP contribution in [-0.2, 0) is 22.7 Å². The van der Waals surface area contributed by atoms with Crippen LogP contribution in [0, 0.1) is 0 Å². The monoisotopic (exact) mass is 387 g/mol. The molecule has 2 heterocycles. The fourth-order valence-corrected chi connectivity index (χ4v) is 3.84. The summed E-state index contributed by atoms with van der Waals surface area (Å²) in [7, 11) is 0. The van der Waals surface area contributed by atoms with Crippen molar-refractivity contribution in [3.8, 4) is 5.69 Å². The predicted molar refractivity (Wildman–Crippen MR) is 97.0 cm³/mol. The van der Waals surface area contributed by atoms with Crippen molar-refractivity contribution in [2.24, 2.45) is 0 Å². The number of ether oxygens (including phenoxy) is 1. The van der Waals surface area contributed by atoms with Crippen LogP contribution in [-0.4, -0.2) is 25.7 Å². The van der Waals surface area contributed by atoms with Gasteiger partial charge < -0.3 is 9.29 Å². The minimum atomic E-state index is -1.21. The molecule has 0 saturated carbocycles. The smallest absolute Gasteiger partial charge is 0.136 e. The number of hydrogen-bond acceptors (Lipinski definition) is 4. The van der Waals surface area contributed by atoms with Crippen molar-refractivity contribution >= 4 is 34.6 Å². The number of para-hydroxylation sites is 1. The molecule has 2 atom stereocenters. The van der Waals surface area contributed by atoms with Crippen LogP contribution in [0.2, 0.25) is 10.0 Å². The molecular weight excluding hydrogens is 369 g/mol. The average molecular weight is 388 g/mol. The second-order valence-electron chi connectivity index (χ2n) is 6.60.